The van der Waals surface area contributed by atoms with Gasteiger partial charge in [0.2, 0.25) is 17.7 Å². The maximum Gasteiger partial charge on any atom is 0.233 e. The van der Waals surface area contributed by atoms with Gasteiger partial charge >= 0.3 is 0 Å². The number of hydrogen-bond donors (Lipinski definition) is 1. The van der Waals surface area contributed by atoms with Crippen LogP contribution in [0.3, 0.4) is 0 Å². The molecule has 1 heterocycles. The normalized spacial score (nSPS) is 22.5. The molecule has 0 bridgehead atoms. The van der Waals surface area contributed by atoms with E-state index >= 15 is 0 Å². The van der Waals surface area contributed by atoms with Gasteiger partial charge in [-0.2, -0.15) is 0 Å². The number of nitrogens with one attached hydrogen (secondary N) is 1. The third-order valence-electron chi connectivity index (χ3n) is 5.23. The molecule has 7 heteroatoms. The first-order valence-electron chi connectivity index (χ1n) is 9.03. The van der Waals surface area contributed by atoms with E-state index in [-0.39, 0.29) is 42.5 Å². The molecule has 1 N–H and O–H groups in total. The van der Waals surface area contributed by atoms with E-state index in [4.69, 9.17) is 23.2 Å². The predicted molar refractivity (Wildman–Crippen MR) is 100.0 cm³/mol. The Kier molecular flexibility index (Phi) is 6.20. The first-order valence-corrected chi connectivity index (χ1v) is 9.79. The van der Waals surface area contributed by atoms with Crippen molar-refractivity contribution in [3.05, 3.63) is 33.8 Å². The molecular formula is C19H22Cl2N2O3. The van der Waals surface area contributed by atoms with Crippen LogP contribution in [-0.4, -0.2) is 35.7 Å². The van der Waals surface area contributed by atoms with Gasteiger partial charge < -0.3 is 5.32 Å². The third-order valence-corrected chi connectivity index (χ3v) is 5.81. The van der Waals surface area contributed by atoms with Gasteiger partial charge in [0.05, 0.1) is 11.8 Å². The van der Waals surface area contributed by atoms with Crippen molar-refractivity contribution in [1.29, 1.82) is 0 Å². The van der Waals surface area contributed by atoms with Gasteiger partial charge in [-0.05, 0) is 37.0 Å². The number of halogens is 2. The van der Waals surface area contributed by atoms with E-state index in [1.165, 1.54) is 4.90 Å². The van der Waals surface area contributed by atoms with E-state index < -0.39 is 0 Å². The maximum absolute atomic E-state index is 12.4. The van der Waals surface area contributed by atoms with Crippen molar-refractivity contribution in [2.75, 3.05) is 13.1 Å². The fraction of sp³-hybridized carbons (Fsp3) is 0.526. The van der Waals surface area contributed by atoms with Gasteiger partial charge in [-0.1, -0.05) is 42.1 Å². The van der Waals surface area contributed by atoms with Crippen molar-refractivity contribution >= 4 is 40.9 Å². The smallest absolute Gasteiger partial charge is 0.233 e. The Labute approximate surface area is 163 Å². The summed E-state index contributed by atoms with van der Waals surface area (Å²) in [4.78, 5) is 38.1. The maximum atomic E-state index is 12.4. The van der Waals surface area contributed by atoms with Crippen LogP contribution < -0.4 is 5.32 Å². The quantitative estimate of drug-likeness (QED) is 0.750. The zero-order chi connectivity index (χ0) is 18.7. The molecular weight excluding hydrogens is 375 g/mol. The lowest BCUT2D eigenvalue weighted by Gasteiger charge is -2.19. The molecule has 2 fully saturated rings. The number of rotatable bonds is 6. The number of amides is 3. The van der Waals surface area contributed by atoms with E-state index in [9.17, 15) is 14.4 Å². The van der Waals surface area contributed by atoms with Crippen LogP contribution in [0.1, 0.15) is 37.7 Å². The molecule has 0 spiro atoms. The molecule has 1 aromatic carbocycles. The number of carbonyl (C=O) groups is 3. The Balaban J connectivity index is 1.44. The standard InChI is InChI=1S/C19H22Cl2N2O3/c20-13-6-5-12(16(21)11-13)7-9-22-17(24)8-10-23-18(25)14-3-1-2-4-15(14)19(23)26/h5-6,11,14-15H,1-4,7-10H2,(H,22,24). The summed E-state index contributed by atoms with van der Waals surface area (Å²) in [6, 6.07) is 5.26. The Morgan fingerprint density at radius 2 is 1.77 bits per heavy atom. The molecule has 26 heavy (non-hydrogen) atoms. The molecule has 140 valence electrons. The van der Waals surface area contributed by atoms with Crippen LogP contribution in [0.2, 0.25) is 10.0 Å². The number of hydrogen-bond acceptors (Lipinski definition) is 3. The minimum Gasteiger partial charge on any atom is -0.356 e. The summed E-state index contributed by atoms with van der Waals surface area (Å²) >= 11 is 12.0. The second kappa shape index (κ2) is 8.40. The summed E-state index contributed by atoms with van der Waals surface area (Å²) in [5.41, 5.74) is 0.908. The molecule has 1 saturated carbocycles. The largest absolute Gasteiger partial charge is 0.356 e. The second-order valence-electron chi connectivity index (χ2n) is 6.91. The summed E-state index contributed by atoms with van der Waals surface area (Å²) < 4.78 is 0. The molecule has 2 aliphatic rings. The fourth-order valence-corrected chi connectivity index (χ4v) is 4.32. The van der Waals surface area contributed by atoms with E-state index in [0.29, 0.717) is 23.0 Å². The lowest BCUT2D eigenvalue weighted by atomic mass is 9.81. The highest BCUT2D eigenvalue weighted by atomic mass is 35.5. The lowest BCUT2D eigenvalue weighted by Crippen LogP contribution is -2.35. The number of carbonyl (C=O) groups excluding carboxylic acids is 3. The molecule has 1 saturated heterocycles. The SMILES string of the molecule is O=C(CCN1C(=O)C2CCCCC2C1=O)NCCc1ccc(Cl)cc1Cl. The number of imide groups is 1. The van der Waals surface area contributed by atoms with Crippen LogP contribution in [0.15, 0.2) is 18.2 Å². The van der Waals surface area contributed by atoms with Gasteiger partial charge in [0.1, 0.15) is 0 Å². The third kappa shape index (κ3) is 4.21. The van der Waals surface area contributed by atoms with Crippen molar-refractivity contribution in [1.82, 2.24) is 10.2 Å². The molecule has 3 rings (SSSR count). The van der Waals surface area contributed by atoms with E-state index in [1.807, 2.05) is 6.07 Å². The molecule has 2 unspecified atom stereocenters. The molecule has 5 nitrogen and oxygen atoms in total. The number of nitrogens with zero attached hydrogens (tertiary/aromatic N) is 1. The Bertz CT molecular complexity index is 699. The van der Waals surface area contributed by atoms with Crippen LogP contribution >= 0.6 is 23.2 Å². The van der Waals surface area contributed by atoms with Gasteiger partial charge in [-0.25, -0.2) is 0 Å². The average molecular weight is 397 g/mol. The Morgan fingerprint density at radius 3 is 2.38 bits per heavy atom. The monoisotopic (exact) mass is 396 g/mol. The summed E-state index contributed by atoms with van der Waals surface area (Å²) in [6.45, 7) is 0.603. The zero-order valence-electron chi connectivity index (χ0n) is 14.5. The predicted octanol–water partition coefficient (Wildman–Crippen LogP) is 3.22. The first-order chi connectivity index (χ1) is 12.5. The van der Waals surface area contributed by atoms with E-state index in [1.54, 1.807) is 12.1 Å². The average Bonchev–Trinajstić information content (AvgIpc) is 2.86. The highest BCUT2D eigenvalue weighted by Gasteiger charge is 2.47. The van der Waals surface area contributed by atoms with Crippen molar-refractivity contribution in [3.8, 4) is 0 Å². The highest BCUT2D eigenvalue weighted by molar-refractivity contribution is 6.35. The lowest BCUT2D eigenvalue weighted by molar-refractivity contribution is -0.140. The van der Waals surface area contributed by atoms with Crippen molar-refractivity contribution in [2.24, 2.45) is 11.8 Å². The zero-order valence-corrected chi connectivity index (χ0v) is 16.0. The molecule has 2 atom stereocenters. The van der Waals surface area contributed by atoms with E-state index in [2.05, 4.69) is 5.32 Å². The van der Waals surface area contributed by atoms with Crippen LogP contribution in [0.5, 0.6) is 0 Å². The minimum atomic E-state index is -0.175. The molecule has 0 radical (unpaired) electrons. The Hall–Kier alpha value is -1.59. The van der Waals surface area contributed by atoms with Gasteiger partial charge in [-0.15, -0.1) is 0 Å². The van der Waals surface area contributed by atoms with Crippen LogP contribution in [0, 0.1) is 11.8 Å². The van der Waals surface area contributed by atoms with Gasteiger partial charge in [0, 0.05) is 29.6 Å². The summed E-state index contributed by atoms with van der Waals surface area (Å²) in [7, 11) is 0. The van der Waals surface area contributed by atoms with Crippen molar-refractivity contribution < 1.29 is 14.4 Å². The van der Waals surface area contributed by atoms with Crippen LogP contribution in [-0.2, 0) is 20.8 Å². The fourth-order valence-electron chi connectivity index (χ4n) is 3.81. The molecule has 1 aromatic rings. The van der Waals surface area contributed by atoms with Crippen molar-refractivity contribution in [3.63, 3.8) is 0 Å². The van der Waals surface area contributed by atoms with E-state index in [0.717, 1.165) is 31.2 Å². The number of fused-ring (bicyclic) bond motifs is 1. The Morgan fingerprint density at radius 1 is 1.12 bits per heavy atom. The molecule has 0 aromatic heterocycles. The molecule has 1 aliphatic heterocycles. The minimum absolute atomic E-state index is 0.0968. The van der Waals surface area contributed by atoms with Crippen molar-refractivity contribution in [2.45, 2.75) is 38.5 Å². The van der Waals surface area contributed by atoms with Crippen LogP contribution in [0.25, 0.3) is 0 Å². The second-order valence-corrected chi connectivity index (χ2v) is 7.75. The summed E-state index contributed by atoms with van der Waals surface area (Å²) in [5, 5.41) is 3.95. The highest BCUT2D eigenvalue weighted by Crippen LogP contribution is 2.37. The van der Waals surface area contributed by atoms with Gasteiger partial charge in [0.15, 0.2) is 0 Å². The van der Waals surface area contributed by atoms with Crippen LogP contribution in [0.4, 0.5) is 0 Å². The summed E-state index contributed by atoms with van der Waals surface area (Å²) in [5.74, 6) is -0.691. The topological polar surface area (TPSA) is 66.5 Å². The first kappa shape index (κ1) is 19.2. The summed E-state index contributed by atoms with van der Waals surface area (Å²) in [6.07, 6.45) is 4.31. The van der Waals surface area contributed by atoms with Gasteiger partial charge in [0.25, 0.3) is 0 Å². The van der Waals surface area contributed by atoms with Gasteiger partial charge in [-0.3, -0.25) is 19.3 Å². The molecule has 1 aliphatic carbocycles. The molecule has 3 amide bonds. The number of likely N-dealkylation sites (tertiary alicyclic amines) is 1. The number of benzene rings is 1.